The number of halogens is 3. The van der Waals surface area contributed by atoms with Gasteiger partial charge in [0.25, 0.3) is 6.43 Å². The zero-order chi connectivity index (χ0) is 15.9. The number of benzene rings is 1. The van der Waals surface area contributed by atoms with Crippen molar-refractivity contribution in [2.75, 3.05) is 31.6 Å². The fraction of sp³-hybridized carbons (Fsp3) is 0.562. The van der Waals surface area contributed by atoms with Crippen molar-refractivity contribution >= 4 is 35.6 Å². The smallest absolute Gasteiger partial charge is 0.255 e. The molecule has 23 heavy (non-hydrogen) atoms. The Morgan fingerprint density at radius 3 is 2.61 bits per heavy atom. The summed E-state index contributed by atoms with van der Waals surface area (Å²) in [4.78, 5) is 6.35. The fourth-order valence-electron chi connectivity index (χ4n) is 2.62. The van der Waals surface area contributed by atoms with E-state index in [1.807, 2.05) is 19.1 Å². The molecule has 0 aromatic heterocycles. The minimum Gasteiger partial charge on any atom is -0.372 e. The maximum atomic E-state index is 12.3. The summed E-state index contributed by atoms with van der Waals surface area (Å²) in [5.74, 6) is 0.388. The monoisotopic (exact) mass is 438 g/mol. The molecule has 0 saturated carbocycles. The first-order valence-corrected chi connectivity index (χ1v) is 7.70. The molecule has 1 aliphatic rings. The lowest BCUT2D eigenvalue weighted by atomic mass is 10.1. The molecule has 0 aliphatic carbocycles. The number of aliphatic imine (C=N–C) groups is 1. The van der Waals surface area contributed by atoms with E-state index in [-0.39, 0.29) is 30.0 Å². The van der Waals surface area contributed by atoms with Crippen LogP contribution in [-0.4, -0.2) is 39.1 Å². The third-order valence-electron chi connectivity index (χ3n) is 3.84. The van der Waals surface area contributed by atoms with Gasteiger partial charge in [-0.3, -0.25) is 4.99 Å². The van der Waals surface area contributed by atoms with Crippen LogP contribution in [0.2, 0.25) is 0 Å². The predicted molar refractivity (Wildman–Crippen MR) is 102 cm³/mol. The Morgan fingerprint density at radius 1 is 1.30 bits per heavy atom. The number of rotatable bonds is 5. The molecule has 1 unspecified atom stereocenters. The molecule has 0 spiro atoms. The molecular formula is C16H25F2IN4. The van der Waals surface area contributed by atoms with Crippen molar-refractivity contribution in [3.05, 3.63) is 29.8 Å². The van der Waals surface area contributed by atoms with E-state index in [2.05, 4.69) is 32.7 Å². The normalized spacial score (nSPS) is 16.2. The van der Waals surface area contributed by atoms with Crippen LogP contribution in [0.4, 0.5) is 14.5 Å². The number of anilines is 1. The van der Waals surface area contributed by atoms with Crippen molar-refractivity contribution in [3.8, 4) is 0 Å². The van der Waals surface area contributed by atoms with E-state index in [9.17, 15) is 8.78 Å². The standard InChI is InChI=1S/C16H24F2N4.HI/c1-12(21-16(19-2)20-11-15(17)18)13-6-5-7-14(10-13)22-8-3-4-9-22;/h5-7,10,12,15H,3-4,8-9,11H2,1-2H3,(H2,19,20,21);1H. The maximum Gasteiger partial charge on any atom is 0.255 e. The lowest BCUT2D eigenvalue weighted by molar-refractivity contribution is 0.152. The van der Waals surface area contributed by atoms with Gasteiger partial charge in [0, 0.05) is 25.8 Å². The Kier molecular flexibility index (Phi) is 8.57. The quantitative estimate of drug-likeness (QED) is 0.421. The van der Waals surface area contributed by atoms with Gasteiger partial charge < -0.3 is 15.5 Å². The molecule has 1 saturated heterocycles. The highest BCUT2D eigenvalue weighted by atomic mass is 127. The molecule has 2 rings (SSSR count). The second-order valence-electron chi connectivity index (χ2n) is 5.50. The highest BCUT2D eigenvalue weighted by Gasteiger charge is 2.14. The maximum absolute atomic E-state index is 12.3. The van der Waals surface area contributed by atoms with Crippen molar-refractivity contribution in [1.29, 1.82) is 0 Å². The van der Waals surface area contributed by atoms with E-state index in [1.54, 1.807) is 7.05 Å². The Morgan fingerprint density at radius 2 is 2.00 bits per heavy atom. The van der Waals surface area contributed by atoms with Crippen molar-refractivity contribution in [2.24, 2.45) is 4.99 Å². The molecule has 0 bridgehead atoms. The van der Waals surface area contributed by atoms with Crippen LogP contribution < -0.4 is 15.5 Å². The van der Waals surface area contributed by atoms with E-state index in [1.165, 1.54) is 18.5 Å². The lowest BCUT2D eigenvalue weighted by Gasteiger charge is -2.22. The van der Waals surface area contributed by atoms with Gasteiger partial charge in [-0.25, -0.2) is 8.78 Å². The van der Waals surface area contributed by atoms with Crippen molar-refractivity contribution < 1.29 is 8.78 Å². The summed E-state index contributed by atoms with van der Waals surface area (Å²) >= 11 is 0. The third kappa shape index (κ3) is 6.12. The van der Waals surface area contributed by atoms with E-state index in [4.69, 9.17) is 0 Å². The van der Waals surface area contributed by atoms with Gasteiger partial charge in [-0.15, -0.1) is 24.0 Å². The number of hydrogen-bond donors (Lipinski definition) is 2. The molecule has 1 aromatic rings. The molecule has 4 nitrogen and oxygen atoms in total. The SMILES string of the molecule is CN=C(NCC(F)F)NC(C)c1cccc(N2CCCC2)c1.I. The van der Waals surface area contributed by atoms with Crippen LogP contribution in [0.3, 0.4) is 0 Å². The van der Waals surface area contributed by atoms with Gasteiger partial charge in [0.05, 0.1) is 12.6 Å². The zero-order valence-electron chi connectivity index (χ0n) is 13.6. The van der Waals surface area contributed by atoms with E-state index in [0.717, 1.165) is 18.7 Å². The van der Waals surface area contributed by atoms with Gasteiger partial charge >= 0.3 is 0 Å². The molecule has 7 heteroatoms. The summed E-state index contributed by atoms with van der Waals surface area (Å²) in [5, 5.41) is 5.76. The van der Waals surface area contributed by atoms with Gasteiger partial charge in [-0.05, 0) is 37.5 Å². The molecule has 130 valence electrons. The summed E-state index contributed by atoms with van der Waals surface area (Å²) in [5.41, 5.74) is 2.34. The first-order valence-electron chi connectivity index (χ1n) is 7.70. The Labute approximate surface area is 153 Å². The van der Waals surface area contributed by atoms with Crippen LogP contribution in [-0.2, 0) is 0 Å². The number of guanidine groups is 1. The van der Waals surface area contributed by atoms with Crippen molar-refractivity contribution in [1.82, 2.24) is 10.6 Å². The van der Waals surface area contributed by atoms with Gasteiger partial charge in [-0.1, -0.05) is 12.1 Å². The topological polar surface area (TPSA) is 39.7 Å². The fourth-order valence-corrected chi connectivity index (χ4v) is 2.62. The lowest BCUT2D eigenvalue weighted by Crippen LogP contribution is -2.40. The van der Waals surface area contributed by atoms with Gasteiger partial charge in [0.1, 0.15) is 0 Å². The van der Waals surface area contributed by atoms with Gasteiger partial charge in [0.15, 0.2) is 5.96 Å². The first-order chi connectivity index (χ1) is 10.6. The first kappa shape index (κ1) is 19.9. The summed E-state index contributed by atoms with van der Waals surface area (Å²) < 4.78 is 24.5. The van der Waals surface area contributed by atoms with Crippen LogP contribution in [0, 0.1) is 0 Å². The number of nitrogens with one attached hydrogen (secondary N) is 2. The summed E-state index contributed by atoms with van der Waals surface area (Å²) in [7, 11) is 1.58. The van der Waals surface area contributed by atoms with E-state index >= 15 is 0 Å². The average molecular weight is 438 g/mol. The minimum atomic E-state index is -2.40. The Balaban J connectivity index is 0.00000264. The van der Waals surface area contributed by atoms with Crippen LogP contribution >= 0.6 is 24.0 Å². The van der Waals surface area contributed by atoms with Crippen LogP contribution in [0.5, 0.6) is 0 Å². The highest BCUT2D eigenvalue weighted by Crippen LogP contribution is 2.23. The number of hydrogen-bond acceptors (Lipinski definition) is 2. The molecule has 0 amide bonds. The summed E-state index contributed by atoms with van der Waals surface area (Å²) in [6, 6.07) is 8.34. The molecule has 1 fully saturated rings. The van der Waals surface area contributed by atoms with Crippen molar-refractivity contribution in [2.45, 2.75) is 32.2 Å². The molecule has 1 aromatic carbocycles. The molecular weight excluding hydrogens is 413 g/mol. The van der Waals surface area contributed by atoms with Crippen molar-refractivity contribution in [3.63, 3.8) is 0 Å². The molecule has 1 heterocycles. The Hall–Kier alpha value is -1.12. The minimum absolute atomic E-state index is 0. The Bertz CT molecular complexity index is 505. The van der Waals surface area contributed by atoms with E-state index in [0.29, 0.717) is 5.96 Å². The largest absolute Gasteiger partial charge is 0.372 e. The second kappa shape index (κ2) is 9.89. The van der Waals surface area contributed by atoms with Crippen LogP contribution in [0.25, 0.3) is 0 Å². The summed E-state index contributed by atoms with van der Waals surface area (Å²) in [6.07, 6.45) is 0.0807. The molecule has 0 radical (unpaired) electrons. The zero-order valence-corrected chi connectivity index (χ0v) is 15.9. The highest BCUT2D eigenvalue weighted by molar-refractivity contribution is 14.0. The molecule has 2 N–H and O–H groups in total. The second-order valence-corrected chi connectivity index (χ2v) is 5.50. The van der Waals surface area contributed by atoms with Crippen LogP contribution in [0.1, 0.15) is 31.4 Å². The molecule has 1 aliphatic heterocycles. The van der Waals surface area contributed by atoms with E-state index < -0.39 is 13.0 Å². The summed E-state index contributed by atoms with van der Waals surface area (Å²) in [6.45, 7) is 3.80. The predicted octanol–water partition coefficient (Wildman–Crippen LogP) is 3.40. The van der Waals surface area contributed by atoms with Gasteiger partial charge in [-0.2, -0.15) is 0 Å². The van der Waals surface area contributed by atoms with Gasteiger partial charge in [0.2, 0.25) is 0 Å². The molecule has 1 atom stereocenters. The average Bonchev–Trinajstić information content (AvgIpc) is 3.05. The van der Waals surface area contributed by atoms with Crippen LogP contribution in [0.15, 0.2) is 29.3 Å². The number of alkyl halides is 2. The number of nitrogens with zero attached hydrogens (tertiary/aromatic N) is 2. The third-order valence-corrected chi connectivity index (χ3v) is 3.84.